The minimum atomic E-state index is -0.216. The fraction of sp³-hybridized carbons (Fsp3) is 0.389. The number of amides is 1. The predicted molar refractivity (Wildman–Crippen MR) is 84.4 cm³/mol. The Morgan fingerprint density at radius 1 is 1.27 bits per heavy atom. The molecule has 1 saturated carbocycles. The zero-order valence-electron chi connectivity index (χ0n) is 13.1. The fourth-order valence-corrected chi connectivity index (χ4v) is 2.77. The van der Waals surface area contributed by atoms with E-state index in [1.54, 1.807) is 0 Å². The van der Waals surface area contributed by atoms with Gasteiger partial charge in [0.1, 0.15) is 12.3 Å². The third-order valence-electron chi connectivity index (χ3n) is 4.06. The van der Waals surface area contributed by atoms with Crippen LogP contribution < -0.4 is 10.2 Å². The number of quaternary nitrogens is 1. The van der Waals surface area contributed by atoms with Crippen LogP contribution >= 0.6 is 0 Å². The van der Waals surface area contributed by atoms with Gasteiger partial charge in [-0.1, -0.05) is 30.3 Å². The Bertz CT molecular complexity index is 632. The molecule has 0 radical (unpaired) electrons. The van der Waals surface area contributed by atoms with Crippen molar-refractivity contribution in [2.24, 2.45) is 0 Å². The summed E-state index contributed by atoms with van der Waals surface area (Å²) < 4.78 is 5.66. The molecule has 1 heterocycles. The van der Waals surface area contributed by atoms with Gasteiger partial charge < -0.3 is 14.6 Å². The van der Waals surface area contributed by atoms with Gasteiger partial charge in [-0.05, 0) is 31.9 Å². The Balaban J connectivity index is 1.78. The van der Waals surface area contributed by atoms with Gasteiger partial charge in [0, 0.05) is 11.6 Å². The number of likely N-dealkylation sites (N-methyl/N-ethyl adjacent to an activating group) is 1. The van der Waals surface area contributed by atoms with Gasteiger partial charge in [0.05, 0.1) is 7.05 Å². The highest BCUT2D eigenvalue weighted by atomic mass is 16.3. The summed E-state index contributed by atoms with van der Waals surface area (Å²) in [5.41, 5.74) is 1.04. The molecule has 4 heteroatoms. The van der Waals surface area contributed by atoms with Crippen LogP contribution in [-0.2, 0) is 11.3 Å². The molecule has 1 aliphatic rings. The predicted octanol–water partition coefficient (Wildman–Crippen LogP) is 1.62. The van der Waals surface area contributed by atoms with Gasteiger partial charge in [-0.3, -0.25) is 4.79 Å². The molecule has 0 saturated heterocycles. The van der Waals surface area contributed by atoms with E-state index in [-0.39, 0.29) is 11.9 Å². The smallest absolute Gasteiger partial charge is 0.283 e. The zero-order valence-corrected chi connectivity index (χ0v) is 13.1. The van der Waals surface area contributed by atoms with Gasteiger partial charge in [0.25, 0.3) is 5.91 Å². The minimum Gasteiger partial charge on any atom is -0.460 e. The lowest BCUT2D eigenvalue weighted by Crippen LogP contribution is -3.09. The van der Waals surface area contributed by atoms with Crippen LogP contribution in [0, 0.1) is 6.92 Å². The highest BCUT2D eigenvalue weighted by Gasteiger charge is 2.33. The van der Waals surface area contributed by atoms with Crippen LogP contribution in [0.5, 0.6) is 0 Å². The standard InChI is InChI=1S/C18H22N2O2/c1-13-8-11-16(22-13)12-20(2)17(14-6-4-3-5-7-14)18(21)19-15-9-10-15/h3-8,11,15,17H,9-10,12H2,1-2H3,(H,19,21)/p+1/t17-/m0/s1. The second-order valence-electron chi connectivity index (χ2n) is 6.16. The number of rotatable bonds is 6. The van der Waals surface area contributed by atoms with Crippen molar-refractivity contribution in [3.63, 3.8) is 0 Å². The third kappa shape index (κ3) is 3.57. The van der Waals surface area contributed by atoms with Crippen molar-refractivity contribution in [1.29, 1.82) is 0 Å². The number of carbonyl (C=O) groups excluding carboxylic acids is 1. The number of carbonyl (C=O) groups is 1. The van der Waals surface area contributed by atoms with Crippen molar-refractivity contribution >= 4 is 5.91 Å². The average Bonchev–Trinajstić information content (AvgIpc) is 3.21. The van der Waals surface area contributed by atoms with Crippen LogP contribution in [0.3, 0.4) is 0 Å². The van der Waals surface area contributed by atoms with E-state index in [4.69, 9.17) is 4.42 Å². The van der Waals surface area contributed by atoms with Crippen molar-refractivity contribution in [2.75, 3.05) is 7.05 Å². The van der Waals surface area contributed by atoms with Gasteiger partial charge >= 0.3 is 0 Å². The number of benzene rings is 1. The van der Waals surface area contributed by atoms with E-state index in [0.717, 1.165) is 34.8 Å². The van der Waals surface area contributed by atoms with Crippen molar-refractivity contribution in [3.05, 3.63) is 59.5 Å². The molecule has 22 heavy (non-hydrogen) atoms. The second kappa shape index (κ2) is 6.36. The van der Waals surface area contributed by atoms with Gasteiger partial charge in [0.2, 0.25) is 0 Å². The Morgan fingerprint density at radius 3 is 2.59 bits per heavy atom. The maximum absolute atomic E-state index is 12.7. The minimum absolute atomic E-state index is 0.106. The van der Waals surface area contributed by atoms with Crippen molar-refractivity contribution in [1.82, 2.24) is 5.32 Å². The Hall–Kier alpha value is -2.07. The monoisotopic (exact) mass is 299 g/mol. The largest absolute Gasteiger partial charge is 0.460 e. The van der Waals surface area contributed by atoms with E-state index in [2.05, 4.69) is 5.32 Å². The van der Waals surface area contributed by atoms with Crippen LogP contribution in [0.15, 0.2) is 46.9 Å². The first kappa shape index (κ1) is 14.9. The molecule has 0 bridgehead atoms. The van der Waals surface area contributed by atoms with Gasteiger partial charge in [0.15, 0.2) is 11.8 Å². The summed E-state index contributed by atoms with van der Waals surface area (Å²) in [6.07, 6.45) is 2.20. The second-order valence-corrected chi connectivity index (χ2v) is 6.16. The van der Waals surface area contributed by atoms with Gasteiger partial charge in [-0.15, -0.1) is 0 Å². The number of aryl methyl sites for hydroxylation is 1. The first-order chi connectivity index (χ1) is 10.6. The van der Waals surface area contributed by atoms with E-state index in [1.807, 2.05) is 56.4 Å². The SMILES string of the molecule is Cc1ccc(C[NH+](C)[C@H](C(=O)NC2CC2)c2ccccc2)o1. The molecule has 1 aliphatic carbocycles. The maximum atomic E-state index is 12.7. The summed E-state index contributed by atoms with van der Waals surface area (Å²) in [5.74, 6) is 1.92. The van der Waals surface area contributed by atoms with Crippen molar-refractivity contribution in [3.8, 4) is 0 Å². The molecular weight excluding hydrogens is 276 g/mol. The van der Waals surface area contributed by atoms with Crippen molar-refractivity contribution in [2.45, 2.75) is 38.4 Å². The molecule has 116 valence electrons. The van der Waals surface area contributed by atoms with Crippen LogP contribution in [0.2, 0.25) is 0 Å². The lowest BCUT2D eigenvalue weighted by molar-refractivity contribution is -0.917. The van der Waals surface area contributed by atoms with Gasteiger partial charge in [-0.25, -0.2) is 0 Å². The number of furan rings is 1. The molecule has 0 spiro atoms. The first-order valence-corrected chi connectivity index (χ1v) is 7.86. The lowest BCUT2D eigenvalue weighted by atomic mass is 10.0. The molecule has 3 rings (SSSR count). The fourth-order valence-electron chi connectivity index (χ4n) is 2.77. The molecule has 2 N–H and O–H groups in total. The molecular formula is C18H23N2O2+. The summed E-state index contributed by atoms with van der Waals surface area (Å²) in [4.78, 5) is 13.8. The molecule has 1 amide bonds. The summed E-state index contributed by atoms with van der Waals surface area (Å²) in [6, 6.07) is 14.1. The van der Waals surface area contributed by atoms with E-state index >= 15 is 0 Å². The highest BCUT2D eigenvalue weighted by Crippen LogP contribution is 2.20. The van der Waals surface area contributed by atoms with Crippen LogP contribution in [0.25, 0.3) is 0 Å². The molecule has 2 aromatic rings. The molecule has 0 aliphatic heterocycles. The molecule has 2 atom stereocenters. The molecule has 1 fully saturated rings. The topological polar surface area (TPSA) is 46.7 Å². The number of nitrogens with one attached hydrogen (secondary N) is 2. The summed E-state index contributed by atoms with van der Waals surface area (Å²) >= 11 is 0. The molecule has 1 unspecified atom stereocenters. The van der Waals surface area contributed by atoms with Gasteiger partial charge in [-0.2, -0.15) is 0 Å². The number of hydrogen-bond acceptors (Lipinski definition) is 2. The number of hydrogen-bond donors (Lipinski definition) is 2. The third-order valence-corrected chi connectivity index (χ3v) is 4.06. The summed E-state index contributed by atoms with van der Waals surface area (Å²) in [6.45, 7) is 2.62. The van der Waals surface area contributed by atoms with Crippen LogP contribution in [0.1, 0.15) is 36.0 Å². The Labute approximate surface area is 131 Å². The molecule has 1 aromatic carbocycles. The molecule has 4 nitrogen and oxygen atoms in total. The van der Waals surface area contributed by atoms with Crippen molar-refractivity contribution < 1.29 is 14.1 Å². The van der Waals surface area contributed by atoms with E-state index in [0.29, 0.717) is 12.6 Å². The lowest BCUT2D eigenvalue weighted by Gasteiger charge is -2.24. The highest BCUT2D eigenvalue weighted by molar-refractivity contribution is 5.82. The summed E-state index contributed by atoms with van der Waals surface area (Å²) in [5, 5.41) is 3.13. The zero-order chi connectivity index (χ0) is 15.5. The van der Waals surface area contributed by atoms with Crippen LogP contribution in [-0.4, -0.2) is 19.0 Å². The van der Waals surface area contributed by atoms with Crippen LogP contribution in [0.4, 0.5) is 0 Å². The average molecular weight is 299 g/mol. The Morgan fingerprint density at radius 2 is 2.00 bits per heavy atom. The van der Waals surface area contributed by atoms with E-state index < -0.39 is 0 Å². The maximum Gasteiger partial charge on any atom is 0.283 e. The quantitative estimate of drug-likeness (QED) is 0.851. The van der Waals surface area contributed by atoms with E-state index in [9.17, 15) is 4.79 Å². The first-order valence-electron chi connectivity index (χ1n) is 7.86. The molecule has 1 aromatic heterocycles. The summed E-state index contributed by atoms with van der Waals surface area (Å²) in [7, 11) is 2.04. The normalized spacial score (nSPS) is 17.0. The Kier molecular flexibility index (Phi) is 4.29. The van der Waals surface area contributed by atoms with E-state index in [1.165, 1.54) is 0 Å².